The molecule has 0 spiro atoms. The zero-order chi connectivity index (χ0) is 28.5. The Hall–Kier alpha value is -0.790. The van der Waals surface area contributed by atoms with Crippen LogP contribution in [-0.4, -0.2) is 12.5 Å². The van der Waals surface area contributed by atoms with Crippen LogP contribution in [0.2, 0.25) is 0 Å². The first-order valence-corrected chi connectivity index (χ1v) is 18.1. The summed E-state index contributed by atoms with van der Waals surface area (Å²) in [4.78, 5) is 11.4. The third-order valence-electron chi connectivity index (χ3n) is 8.45. The van der Waals surface area contributed by atoms with E-state index in [9.17, 15) is 4.79 Å². The number of carbonyl (C=O) groups excluding carboxylic acids is 1. The van der Waals surface area contributed by atoms with Crippen LogP contribution >= 0.6 is 0 Å². The first kappa shape index (κ1) is 38.2. The van der Waals surface area contributed by atoms with Gasteiger partial charge in [0.25, 0.3) is 0 Å². The lowest BCUT2D eigenvalue weighted by atomic mass is 10.0. The number of nitrogens with one attached hydrogen (secondary N) is 1. The summed E-state index contributed by atoms with van der Waals surface area (Å²) < 4.78 is 0. The highest BCUT2D eigenvalue weighted by Crippen LogP contribution is 2.16. The van der Waals surface area contributed by atoms with Gasteiger partial charge in [0.05, 0.1) is 0 Å². The Morgan fingerprint density at radius 3 is 0.821 bits per heavy atom. The fourth-order valence-electron chi connectivity index (χ4n) is 5.68. The van der Waals surface area contributed by atoms with Crippen LogP contribution in [0.25, 0.3) is 0 Å². The highest BCUT2D eigenvalue weighted by Gasteiger charge is 2.00. The van der Waals surface area contributed by atoms with Gasteiger partial charge in [-0.3, -0.25) is 4.79 Å². The lowest BCUT2D eigenvalue weighted by Crippen LogP contribution is -2.24. The number of hydrogen-bond acceptors (Lipinski definition) is 1. The first-order valence-electron chi connectivity index (χ1n) is 18.1. The van der Waals surface area contributed by atoms with Crippen molar-refractivity contribution in [3.05, 3.63) is 12.2 Å². The van der Waals surface area contributed by atoms with Crippen LogP contribution in [-0.2, 0) is 4.79 Å². The van der Waals surface area contributed by atoms with E-state index in [0.29, 0.717) is 5.57 Å². The standard InChI is InChI=1S/C37H73NO/c1-4-5-6-7-8-9-10-11-12-13-14-15-16-17-18-19-20-21-22-23-24-25-26-27-28-29-30-31-32-33-34-35-38-37(39)36(2)3/h2,4-35H2,1,3H3,(H,38,39). The van der Waals surface area contributed by atoms with E-state index < -0.39 is 0 Å². The molecule has 0 rings (SSSR count). The smallest absolute Gasteiger partial charge is 0.246 e. The van der Waals surface area contributed by atoms with Gasteiger partial charge in [-0.25, -0.2) is 0 Å². The average molecular weight is 548 g/mol. The molecule has 0 atom stereocenters. The molecule has 0 saturated heterocycles. The van der Waals surface area contributed by atoms with Gasteiger partial charge in [-0.1, -0.05) is 206 Å². The summed E-state index contributed by atoms with van der Waals surface area (Å²) in [7, 11) is 0. The minimum absolute atomic E-state index is 0.000534. The molecule has 39 heavy (non-hydrogen) atoms. The molecule has 1 N–H and O–H groups in total. The summed E-state index contributed by atoms with van der Waals surface area (Å²) in [6.45, 7) is 8.53. The van der Waals surface area contributed by atoms with E-state index in [-0.39, 0.29) is 5.91 Å². The third-order valence-corrected chi connectivity index (χ3v) is 8.45. The molecular weight excluding hydrogens is 474 g/mol. The molecule has 0 aliphatic heterocycles. The minimum Gasteiger partial charge on any atom is -0.352 e. The Bertz CT molecular complexity index is 500. The Morgan fingerprint density at radius 1 is 0.410 bits per heavy atom. The van der Waals surface area contributed by atoms with Crippen LogP contribution in [0.15, 0.2) is 12.2 Å². The summed E-state index contributed by atoms with van der Waals surface area (Å²) in [5, 5.41) is 2.92. The van der Waals surface area contributed by atoms with Crippen molar-refractivity contribution >= 4 is 5.91 Å². The van der Waals surface area contributed by atoms with E-state index in [1.54, 1.807) is 6.92 Å². The van der Waals surface area contributed by atoms with E-state index in [4.69, 9.17) is 0 Å². The molecule has 0 bridgehead atoms. The minimum atomic E-state index is 0.000534. The van der Waals surface area contributed by atoms with E-state index >= 15 is 0 Å². The largest absolute Gasteiger partial charge is 0.352 e. The topological polar surface area (TPSA) is 29.1 Å². The Morgan fingerprint density at radius 2 is 0.615 bits per heavy atom. The number of unbranched alkanes of at least 4 members (excludes halogenated alkanes) is 30. The molecular formula is C37H73NO. The second kappa shape index (κ2) is 33.4. The van der Waals surface area contributed by atoms with Gasteiger partial charge in [0.2, 0.25) is 5.91 Å². The zero-order valence-corrected chi connectivity index (χ0v) is 27.2. The number of hydrogen-bond donors (Lipinski definition) is 1. The molecule has 0 aliphatic carbocycles. The Balaban J connectivity index is 3.06. The second-order valence-electron chi connectivity index (χ2n) is 12.6. The quantitative estimate of drug-likeness (QED) is 0.0642. The molecule has 232 valence electrons. The van der Waals surface area contributed by atoms with Gasteiger partial charge in [-0.2, -0.15) is 0 Å². The summed E-state index contributed by atoms with van der Waals surface area (Å²) in [5.41, 5.74) is 0.607. The van der Waals surface area contributed by atoms with Crippen LogP contribution in [0.1, 0.15) is 213 Å². The maximum atomic E-state index is 11.4. The Labute approximate surface area is 247 Å². The normalized spacial score (nSPS) is 11.2. The summed E-state index contributed by atoms with van der Waals surface area (Å²) in [6, 6.07) is 0. The lowest BCUT2D eigenvalue weighted by molar-refractivity contribution is -0.117. The van der Waals surface area contributed by atoms with Crippen molar-refractivity contribution in [3.8, 4) is 0 Å². The molecule has 1 amide bonds. The van der Waals surface area contributed by atoms with Gasteiger partial charge in [0.15, 0.2) is 0 Å². The van der Waals surface area contributed by atoms with Crippen LogP contribution in [0.5, 0.6) is 0 Å². The lowest BCUT2D eigenvalue weighted by Gasteiger charge is -2.05. The van der Waals surface area contributed by atoms with Gasteiger partial charge in [-0.05, 0) is 13.3 Å². The fourth-order valence-corrected chi connectivity index (χ4v) is 5.68. The highest BCUT2D eigenvalue weighted by atomic mass is 16.1. The van der Waals surface area contributed by atoms with Crippen molar-refractivity contribution in [3.63, 3.8) is 0 Å². The summed E-state index contributed by atoms with van der Waals surface area (Å²) >= 11 is 0. The Kier molecular flexibility index (Phi) is 32.7. The van der Waals surface area contributed by atoms with Gasteiger partial charge in [0.1, 0.15) is 0 Å². The molecule has 0 aromatic rings. The monoisotopic (exact) mass is 548 g/mol. The molecule has 2 nitrogen and oxygen atoms in total. The van der Waals surface area contributed by atoms with Gasteiger partial charge >= 0.3 is 0 Å². The van der Waals surface area contributed by atoms with Crippen molar-refractivity contribution in [1.29, 1.82) is 0 Å². The number of amides is 1. The maximum Gasteiger partial charge on any atom is 0.246 e. The van der Waals surface area contributed by atoms with Crippen molar-refractivity contribution in [2.24, 2.45) is 0 Å². The number of rotatable bonds is 33. The fraction of sp³-hybridized carbons (Fsp3) is 0.919. The molecule has 0 heterocycles. The maximum absolute atomic E-state index is 11.4. The summed E-state index contributed by atoms with van der Waals surface area (Å²) in [5.74, 6) is 0.000534. The number of carbonyl (C=O) groups is 1. The van der Waals surface area contributed by atoms with Crippen molar-refractivity contribution in [1.82, 2.24) is 5.32 Å². The van der Waals surface area contributed by atoms with Crippen LogP contribution in [0.3, 0.4) is 0 Å². The SMILES string of the molecule is C=C(C)C(=O)NCCCCCCCCCCCCCCCCCCCCCCCCCCCCCCCCC. The second-order valence-corrected chi connectivity index (χ2v) is 12.6. The van der Waals surface area contributed by atoms with Crippen LogP contribution < -0.4 is 5.32 Å². The van der Waals surface area contributed by atoms with E-state index in [2.05, 4.69) is 18.8 Å². The first-order chi connectivity index (χ1) is 19.2. The zero-order valence-electron chi connectivity index (χ0n) is 27.2. The van der Waals surface area contributed by atoms with Gasteiger partial charge < -0.3 is 5.32 Å². The molecule has 2 heteroatoms. The van der Waals surface area contributed by atoms with E-state index in [1.165, 1.54) is 193 Å². The van der Waals surface area contributed by atoms with E-state index in [1.807, 2.05) is 0 Å². The average Bonchev–Trinajstić information content (AvgIpc) is 2.93. The molecule has 0 saturated carbocycles. The predicted molar refractivity (Wildman–Crippen MR) is 177 cm³/mol. The van der Waals surface area contributed by atoms with Gasteiger partial charge in [0, 0.05) is 12.1 Å². The van der Waals surface area contributed by atoms with Crippen molar-refractivity contribution < 1.29 is 4.79 Å². The highest BCUT2D eigenvalue weighted by molar-refractivity contribution is 5.91. The van der Waals surface area contributed by atoms with Crippen molar-refractivity contribution in [2.75, 3.05) is 6.54 Å². The molecule has 0 aliphatic rings. The molecule has 0 unspecified atom stereocenters. The van der Waals surface area contributed by atoms with E-state index in [0.717, 1.165) is 13.0 Å². The molecule has 0 radical (unpaired) electrons. The summed E-state index contributed by atoms with van der Waals surface area (Å²) in [6.07, 6.45) is 44.4. The predicted octanol–water partition coefficient (Wildman–Crippen LogP) is 12.8. The van der Waals surface area contributed by atoms with Crippen LogP contribution in [0, 0.1) is 0 Å². The van der Waals surface area contributed by atoms with Gasteiger partial charge in [-0.15, -0.1) is 0 Å². The van der Waals surface area contributed by atoms with Crippen LogP contribution in [0.4, 0.5) is 0 Å². The molecule has 0 fully saturated rings. The third kappa shape index (κ3) is 33.3. The van der Waals surface area contributed by atoms with Crippen molar-refractivity contribution in [2.45, 2.75) is 213 Å². The molecule has 0 aromatic heterocycles. The molecule has 0 aromatic carbocycles.